The first-order valence-electron chi connectivity index (χ1n) is 4.69. The molecule has 0 fully saturated rings. The van der Waals surface area contributed by atoms with E-state index >= 15 is 0 Å². The first kappa shape index (κ1) is 12.1. The summed E-state index contributed by atoms with van der Waals surface area (Å²) in [6, 6.07) is 7.29. The predicted octanol–water partition coefficient (Wildman–Crippen LogP) is 1.69. The highest BCUT2D eigenvalue weighted by atomic mass is 32.2. The molecule has 1 aromatic carbocycles. The molecule has 1 aromatic rings. The Morgan fingerprint density at radius 3 is 2.80 bits per heavy atom. The Morgan fingerprint density at radius 2 is 2.20 bits per heavy atom. The Balaban J connectivity index is 2.62. The van der Waals surface area contributed by atoms with Crippen LogP contribution < -0.4 is 5.73 Å². The average molecular weight is 225 g/mol. The van der Waals surface area contributed by atoms with E-state index in [1.165, 1.54) is 0 Å². The van der Waals surface area contributed by atoms with Crippen LogP contribution in [0.2, 0.25) is 0 Å². The Labute approximate surface area is 94.2 Å². The highest BCUT2D eigenvalue weighted by Gasteiger charge is 2.16. The van der Waals surface area contributed by atoms with Crippen molar-refractivity contribution in [1.29, 1.82) is 0 Å². The zero-order valence-corrected chi connectivity index (χ0v) is 9.71. The van der Waals surface area contributed by atoms with Gasteiger partial charge in [0.1, 0.15) is 6.04 Å². The molecule has 0 heterocycles. The van der Waals surface area contributed by atoms with E-state index in [1.54, 1.807) is 6.26 Å². The average Bonchev–Trinajstić information content (AvgIpc) is 2.21. The molecule has 82 valence electrons. The van der Waals surface area contributed by atoms with Gasteiger partial charge in [-0.1, -0.05) is 24.3 Å². The molecular weight excluding hydrogens is 210 g/mol. The topological polar surface area (TPSA) is 52.3 Å². The quantitative estimate of drug-likeness (QED) is 0.792. The standard InChI is InChI=1S/C11H15NO2S/c1-8-5-3-4-6-9(8)7-10(12)11(13)14-15-2/h3-6,10H,7,12H2,1-2H3. The van der Waals surface area contributed by atoms with E-state index in [0.29, 0.717) is 6.42 Å². The van der Waals surface area contributed by atoms with Gasteiger partial charge in [0.05, 0.1) is 12.0 Å². The third-order valence-corrected chi connectivity index (χ3v) is 2.50. The van der Waals surface area contributed by atoms with Gasteiger partial charge >= 0.3 is 5.97 Å². The second-order valence-corrected chi connectivity index (χ2v) is 3.81. The second-order valence-electron chi connectivity index (χ2n) is 3.31. The smallest absolute Gasteiger partial charge is 0.335 e. The van der Waals surface area contributed by atoms with Gasteiger partial charge in [0.2, 0.25) is 0 Å². The van der Waals surface area contributed by atoms with Crippen LogP contribution >= 0.6 is 12.0 Å². The number of benzene rings is 1. The van der Waals surface area contributed by atoms with E-state index in [9.17, 15) is 4.79 Å². The summed E-state index contributed by atoms with van der Waals surface area (Å²) in [6.45, 7) is 2.00. The molecule has 0 spiro atoms. The van der Waals surface area contributed by atoms with Gasteiger partial charge in [-0.3, -0.25) is 0 Å². The first-order valence-corrected chi connectivity index (χ1v) is 5.84. The molecule has 0 aromatic heterocycles. The molecule has 1 unspecified atom stereocenters. The summed E-state index contributed by atoms with van der Waals surface area (Å²) in [5, 5.41) is 0. The van der Waals surface area contributed by atoms with Crippen LogP contribution in [0.1, 0.15) is 11.1 Å². The highest BCUT2D eigenvalue weighted by Crippen LogP contribution is 2.10. The van der Waals surface area contributed by atoms with Gasteiger partial charge in [0, 0.05) is 6.26 Å². The van der Waals surface area contributed by atoms with Gasteiger partial charge in [-0.05, 0) is 24.5 Å². The lowest BCUT2D eigenvalue weighted by molar-refractivity contribution is -0.134. The van der Waals surface area contributed by atoms with Crippen molar-refractivity contribution in [2.75, 3.05) is 6.26 Å². The van der Waals surface area contributed by atoms with Crippen molar-refractivity contribution >= 4 is 18.0 Å². The summed E-state index contributed by atoms with van der Waals surface area (Å²) in [4.78, 5) is 11.3. The van der Waals surface area contributed by atoms with Gasteiger partial charge in [0.15, 0.2) is 0 Å². The molecule has 3 nitrogen and oxygen atoms in total. The van der Waals surface area contributed by atoms with Crippen LogP contribution in [0.4, 0.5) is 0 Å². The molecule has 0 aliphatic heterocycles. The molecule has 15 heavy (non-hydrogen) atoms. The van der Waals surface area contributed by atoms with Crippen molar-refractivity contribution in [1.82, 2.24) is 0 Å². The summed E-state index contributed by atoms with van der Waals surface area (Å²) >= 11 is 1.02. The minimum absolute atomic E-state index is 0.370. The first-order chi connectivity index (χ1) is 7.15. The van der Waals surface area contributed by atoms with Crippen molar-refractivity contribution in [2.24, 2.45) is 5.73 Å². The van der Waals surface area contributed by atoms with Gasteiger partial charge < -0.3 is 9.92 Å². The van der Waals surface area contributed by atoms with Crippen LogP contribution in [0.15, 0.2) is 24.3 Å². The van der Waals surface area contributed by atoms with Gasteiger partial charge in [-0.25, -0.2) is 4.79 Å². The molecule has 0 bridgehead atoms. The zero-order chi connectivity index (χ0) is 11.3. The fraction of sp³-hybridized carbons (Fsp3) is 0.364. The van der Waals surface area contributed by atoms with E-state index in [1.807, 2.05) is 31.2 Å². The van der Waals surface area contributed by atoms with Crippen LogP contribution in [0.3, 0.4) is 0 Å². The predicted molar refractivity (Wildman–Crippen MR) is 62.5 cm³/mol. The number of hydrogen-bond donors (Lipinski definition) is 1. The summed E-state index contributed by atoms with van der Waals surface area (Å²) in [6.07, 6.45) is 2.21. The highest BCUT2D eigenvalue weighted by molar-refractivity contribution is 7.94. The largest absolute Gasteiger partial charge is 0.390 e. The third kappa shape index (κ3) is 3.57. The number of aryl methyl sites for hydroxylation is 1. The van der Waals surface area contributed by atoms with Crippen LogP contribution in [-0.4, -0.2) is 18.3 Å². The molecule has 1 atom stereocenters. The Bertz CT molecular complexity index is 341. The van der Waals surface area contributed by atoms with Crippen LogP contribution in [-0.2, 0) is 15.4 Å². The number of carbonyl (C=O) groups is 1. The summed E-state index contributed by atoms with van der Waals surface area (Å²) < 4.78 is 4.77. The van der Waals surface area contributed by atoms with E-state index in [0.717, 1.165) is 23.2 Å². The lowest BCUT2D eigenvalue weighted by Crippen LogP contribution is -2.33. The monoisotopic (exact) mass is 225 g/mol. The fourth-order valence-electron chi connectivity index (χ4n) is 1.30. The molecule has 4 heteroatoms. The van der Waals surface area contributed by atoms with Crippen molar-refractivity contribution in [3.05, 3.63) is 35.4 Å². The molecule has 0 saturated carbocycles. The van der Waals surface area contributed by atoms with Crippen molar-refractivity contribution < 1.29 is 8.98 Å². The summed E-state index contributed by atoms with van der Waals surface area (Å²) in [5.41, 5.74) is 7.95. The van der Waals surface area contributed by atoms with E-state index in [2.05, 4.69) is 0 Å². The van der Waals surface area contributed by atoms with Gasteiger partial charge in [-0.15, -0.1) is 0 Å². The second kappa shape index (κ2) is 5.78. The normalized spacial score (nSPS) is 12.2. The number of nitrogens with two attached hydrogens (primary N) is 1. The third-order valence-electron chi connectivity index (χ3n) is 2.17. The Hall–Kier alpha value is -1.00. The molecule has 0 radical (unpaired) electrons. The zero-order valence-electron chi connectivity index (χ0n) is 8.90. The SMILES string of the molecule is CSOC(=O)C(N)Cc1ccccc1C. The minimum Gasteiger partial charge on any atom is -0.390 e. The molecule has 0 aliphatic rings. The van der Waals surface area contributed by atoms with Gasteiger partial charge in [0.25, 0.3) is 0 Å². The van der Waals surface area contributed by atoms with Crippen molar-refractivity contribution in [3.8, 4) is 0 Å². The lowest BCUT2D eigenvalue weighted by atomic mass is 10.0. The lowest BCUT2D eigenvalue weighted by Gasteiger charge is -2.11. The minimum atomic E-state index is -0.585. The molecule has 1 rings (SSSR count). The summed E-state index contributed by atoms with van der Waals surface area (Å²) in [5.74, 6) is -0.370. The van der Waals surface area contributed by atoms with Crippen molar-refractivity contribution in [2.45, 2.75) is 19.4 Å². The maximum atomic E-state index is 11.3. The van der Waals surface area contributed by atoms with Crippen molar-refractivity contribution in [3.63, 3.8) is 0 Å². The van der Waals surface area contributed by atoms with E-state index < -0.39 is 6.04 Å². The van der Waals surface area contributed by atoms with Crippen LogP contribution in [0.25, 0.3) is 0 Å². The Morgan fingerprint density at radius 1 is 1.53 bits per heavy atom. The van der Waals surface area contributed by atoms with Crippen LogP contribution in [0.5, 0.6) is 0 Å². The molecular formula is C11H15NO2S. The fourth-order valence-corrected chi connectivity index (χ4v) is 1.59. The molecule has 0 saturated heterocycles. The molecule has 0 aliphatic carbocycles. The Kier molecular flexibility index (Phi) is 4.65. The maximum absolute atomic E-state index is 11.3. The number of hydrogen-bond acceptors (Lipinski definition) is 4. The van der Waals surface area contributed by atoms with Crippen LogP contribution in [0, 0.1) is 6.92 Å². The molecule has 0 amide bonds. The maximum Gasteiger partial charge on any atom is 0.335 e. The van der Waals surface area contributed by atoms with E-state index in [4.69, 9.17) is 9.92 Å². The van der Waals surface area contributed by atoms with Gasteiger partial charge in [-0.2, -0.15) is 0 Å². The summed E-state index contributed by atoms with van der Waals surface area (Å²) in [7, 11) is 0. The van der Waals surface area contributed by atoms with E-state index in [-0.39, 0.29) is 5.97 Å². The number of rotatable bonds is 4. The molecule has 2 N–H and O–H groups in total. The number of carbonyl (C=O) groups excluding carboxylic acids is 1.